The van der Waals surface area contributed by atoms with Gasteiger partial charge >= 0.3 is 11.9 Å². The average molecular weight is 679 g/mol. The number of esters is 2. The number of carbonyl (C=O) groups excluding carboxylic acids is 2. The van der Waals surface area contributed by atoms with Crippen molar-refractivity contribution in [2.45, 2.75) is 36.4 Å². The van der Waals surface area contributed by atoms with Crippen LogP contribution in [-0.4, -0.2) is 127 Å². The molecule has 2 rings (SSSR count). The molecule has 2 N–H and O–H groups in total. The SMILES string of the molecule is CN[C@@H](CCN(CCSCc1ccc(OC)cc1)CCN(CCSCc1ccc(OC)cc1)CC[C@H](NC)C(=O)OC)C(=O)OC. The summed E-state index contributed by atoms with van der Waals surface area (Å²) in [6.07, 6.45) is 1.32. The second-order valence-corrected chi connectivity index (χ2v) is 13.0. The van der Waals surface area contributed by atoms with E-state index in [1.165, 1.54) is 25.3 Å². The van der Waals surface area contributed by atoms with Gasteiger partial charge in [0.1, 0.15) is 23.6 Å². The Morgan fingerprint density at radius 3 is 1.28 bits per heavy atom. The third kappa shape index (κ3) is 15.4. The van der Waals surface area contributed by atoms with Crippen LogP contribution in [0.5, 0.6) is 11.5 Å². The number of hydrogen-bond donors (Lipinski definition) is 2. The molecule has 0 spiro atoms. The van der Waals surface area contributed by atoms with Gasteiger partial charge in [0.05, 0.1) is 28.4 Å². The van der Waals surface area contributed by atoms with Gasteiger partial charge in [0.2, 0.25) is 0 Å². The lowest BCUT2D eigenvalue weighted by atomic mass is 10.2. The van der Waals surface area contributed by atoms with Gasteiger partial charge in [-0.15, -0.1) is 0 Å². The van der Waals surface area contributed by atoms with Crippen LogP contribution in [0.1, 0.15) is 24.0 Å². The van der Waals surface area contributed by atoms with E-state index in [2.05, 4.69) is 44.7 Å². The van der Waals surface area contributed by atoms with Crippen molar-refractivity contribution in [1.29, 1.82) is 0 Å². The highest BCUT2D eigenvalue weighted by Gasteiger charge is 2.21. The first kappa shape index (κ1) is 39.7. The summed E-state index contributed by atoms with van der Waals surface area (Å²) in [5.41, 5.74) is 2.53. The number of nitrogens with zero attached hydrogens (tertiary/aromatic N) is 2. The maximum atomic E-state index is 12.2. The van der Waals surface area contributed by atoms with E-state index in [9.17, 15) is 9.59 Å². The summed E-state index contributed by atoms with van der Waals surface area (Å²) in [4.78, 5) is 29.4. The number of carbonyl (C=O) groups is 2. The van der Waals surface area contributed by atoms with Crippen molar-refractivity contribution in [3.8, 4) is 11.5 Å². The predicted octanol–water partition coefficient (Wildman–Crippen LogP) is 3.78. The van der Waals surface area contributed by atoms with Crippen LogP contribution in [0.2, 0.25) is 0 Å². The Bertz CT molecular complexity index is 1020. The number of thioether (sulfide) groups is 2. The fraction of sp³-hybridized carbons (Fsp3) is 0.588. The molecule has 0 heterocycles. The predicted molar refractivity (Wildman–Crippen MR) is 190 cm³/mol. The lowest BCUT2D eigenvalue weighted by molar-refractivity contribution is -0.144. The lowest BCUT2D eigenvalue weighted by Crippen LogP contribution is -2.43. The molecule has 0 radical (unpaired) electrons. The van der Waals surface area contributed by atoms with Crippen LogP contribution in [-0.2, 0) is 30.6 Å². The Labute approximate surface area is 284 Å². The standard InChI is InChI=1S/C34H54N4O6S2/c1-35-31(33(39)43-5)15-17-37(21-23-45-25-27-7-11-29(41-3)12-8-27)19-20-38(18-16-32(36-2)34(40)44-6)22-24-46-26-28-9-13-30(42-4)14-10-28/h7-14,31-32,35-36H,15-26H2,1-6H3/t31-,32-/m0/s1. The molecule has 2 aromatic rings. The van der Waals surface area contributed by atoms with Crippen LogP contribution in [0, 0.1) is 0 Å². The number of hydrogen-bond acceptors (Lipinski definition) is 12. The van der Waals surface area contributed by atoms with Crippen LogP contribution in [0.25, 0.3) is 0 Å². The minimum absolute atomic E-state index is 0.243. The number of rotatable bonds is 25. The first-order chi connectivity index (χ1) is 22.4. The fourth-order valence-electron chi connectivity index (χ4n) is 4.83. The summed E-state index contributed by atoms with van der Waals surface area (Å²) in [7, 11) is 9.80. The highest BCUT2D eigenvalue weighted by atomic mass is 32.2. The third-order valence-corrected chi connectivity index (χ3v) is 9.85. The van der Waals surface area contributed by atoms with Gasteiger partial charge < -0.3 is 39.4 Å². The molecule has 258 valence electrons. The molecular formula is C34H54N4O6S2. The quantitative estimate of drug-likeness (QED) is 0.118. The van der Waals surface area contributed by atoms with E-state index in [0.29, 0.717) is 12.8 Å². The molecule has 46 heavy (non-hydrogen) atoms. The van der Waals surface area contributed by atoms with E-state index in [0.717, 1.165) is 73.8 Å². The molecule has 0 amide bonds. The Kier molecular flexibility index (Phi) is 20.5. The van der Waals surface area contributed by atoms with Crippen molar-refractivity contribution in [3.63, 3.8) is 0 Å². The number of likely N-dealkylation sites (N-methyl/N-ethyl adjacent to an activating group) is 2. The third-order valence-electron chi connectivity index (χ3n) is 7.83. The molecule has 0 fully saturated rings. The van der Waals surface area contributed by atoms with Crippen molar-refractivity contribution in [1.82, 2.24) is 20.4 Å². The smallest absolute Gasteiger partial charge is 0.322 e. The number of benzene rings is 2. The topological polar surface area (TPSA) is 102 Å². The van der Waals surface area contributed by atoms with E-state index >= 15 is 0 Å². The van der Waals surface area contributed by atoms with Crippen LogP contribution in [0.3, 0.4) is 0 Å². The fourth-order valence-corrected chi connectivity index (χ4v) is 6.75. The zero-order valence-electron chi connectivity index (χ0n) is 28.4. The normalized spacial score (nSPS) is 12.6. The first-order valence-electron chi connectivity index (χ1n) is 15.7. The number of ether oxygens (including phenoxy) is 4. The van der Waals surface area contributed by atoms with Gasteiger partial charge in [0.25, 0.3) is 0 Å². The second-order valence-electron chi connectivity index (χ2n) is 10.8. The average Bonchev–Trinajstić information content (AvgIpc) is 3.10. The molecule has 0 bridgehead atoms. The Morgan fingerprint density at radius 1 is 0.609 bits per heavy atom. The molecule has 0 saturated carbocycles. The summed E-state index contributed by atoms with van der Waals surface area (Å²) < 4.78 is 20.5. The van der Waals surface area contributed by atoms with Gasteiger partial charge in [-0.2, -0.15) is 23.5 Å². The highest BCUT2D eigenvalue weighted by Crippen LogP contribution is 2.18. The van der Waals surface area contributed by atoms with Gasteiger partial charge in [-0.1, -0.05) is 24.3 Å². The molecule has 0 aliphatic carbocycles. The zero-order valence-corrected chi connectivity index (χ0v) is 30.1. The van der Waals surface area contributed by atoms with Gasteiger partial charge in [0.15, 0.2) is 0 Å². The van der Waals surface area contributed by atoms with Crippen LogP contribution < -0.4 is 20.1 Å². The van der Waals surface area contributed by atoms with Gasteiger partial charge in [0, 0.05) is 62.3 Å². The minimum Gasteiger partial charge on any atom is -0.497 e. The molecule has 12 heteroatoms. The van der Waals surface area contributed by atoms with Gasteiger partial charge in [-0.3, -0.25) is 9.59 Å². The van der Waals surface area contributed by atoms with Crippen molar-refractivity contribution < 1.29 is 28.5 Å². The van der Waals surface area contributed by atoms with E-state index < -0.39 is 0 Å². The van der Waals surface area contributed by atoms with Gasteiger partial charge in [-0.05, 0) is 62.3 Å². The summed E-state index contributed by atoms with van der Waals surface area (Å²) in [6.45, 7) is 5.05. The maximum absolute atomic E-state index is 12.2. The molecule has 0 unspecified atom stereocenters. The van der Waals surface area contributed by atoms with E-state index in [1.54, 1.807) is 28.3 Å². The lowest BCUT2D eigenvalue weighted by Gasteiger charge is -2.29. The number of methoxy groups -OCH3 is 4. The van der Waals surface area contributed by atoms with Crippen LogP contribution in [0.15, 0.2) is 48.5 Å². The Balaban J connectivity index is 2.00. The zero-order chi connectivity index (χ0) is 33.6. The van der Waals surface area contributed by atoms with Crippen molar-refractivity contribution in [2.75, 3.05) is 93.3 Å². The number of nitrogens with one attached hydrogen (secondary N) is 2. The molecule has 0 aliphatic heterocycles. The summed E-state index contributed by atoms with van der Waals surface area (Å²) in [5, 5.41) is 6.19. The molecule has 0 saturated heterocycles. The largest absolute Gasteiger partial charge is 0.497 e. The molecule has 0 aromatic heterocycles. The summed E-state index contributed by atoms with van der Waals surface area (Å²) in [6, 6.07) is 15.7. The van der Waals surface area contributed by atoms with E-state index in [-0.39, 0.29) is 24.0 Å². The maximum Gasteiger partial charge on any atom is 0.322 e. The van der Waals surface area contributed by atoms with Crippen LogP contribution >= 0.6 is 23.5 Å². The summed E-state index contributed by atoms with van der Waals surface area (Å²) >= 11 is 3.80. The Morgan fingerprint density at radius 2 is 0.978 bits per heavy atom. The first-order valence-corrected chi connectivity index (χ1v) is 18.0. The molecule has 10 nitrogen and oxygen atoms in total. The van der Waals surface area contributed by atoms with E-state index in [1.807, 2.05) is 47.8 Å². The molecular weight excluding hydrogens is 625 g/mol. The van der Waals surface area contributed by atoms with Crippen molar-refractivity contribution in [2.24, 2.45) is 0 Å². The van der Waals surface area contributed by atoms with Crippen molar-refractivity contribution in [3.05, 3.63) is 59.7 Å². The molecule has 0 aliphatic rings. The highest BCUT2D eigenvalue weighted by molar-refractivity contribution is 7.98. The molecule has 2 atom stereocenters. The summed E-state index contributed by atoms with van der Waals surface area (Å²) in [5.74, 6) is 5.03. The molecule has 2 aromatic carbocycles. The van der Waals surface area contributed by atoms with Crippen molar-refractivity contribution >= 4 is 35.5 Å². The van der Waals surface area contributed by atoms with Gasteiger partial charge in [-0.25, -0.2) is 0 Å². The van der Waals surface area contributed by atoms with E-state index in [4.69, 9.17) is 18.9 Å². The Hall–Kier alpha value is -2.48. The second kappa shape index (κ2) is 23.8. The van der Waals surface area contributed by atoms with Crippen LogP contribution in [0.4, 0.5) is 0 Å². The minimum atomic E-state index is -0.346. The monoisotopic (exact) mass is 678 g/mol.